The lowest BCUT2D eigenvalue weighted by Gasteiger charge is -2.14. The highest BCUT2D eigenvalue weighted by Gasteiger charge is 2.25. The van der Waals surface area contributed by atoms with Crippen molar-refractivity contribution < 1.29 is 12.6 Å². The molecule has 27 heavy (non-hydrogen) atoms. The summed E-state index contributed by atoms with van der Waals surface area (Å²) in [5.41, 5.74) is 5.93. The van der Waals surface area contributed by atoms with E-state index >= 15 is 0 Å². The molecular weight excluding hydrogens is 360 g/mol. The van der Waals surface area contributed by atoms with E-state index in [1.54, 1.807) is 24.6 Å². The summed E-state index contributed by atoms with van der Waals surface area (Å²) in [6.45, 7) is 11.3. The minimum atomic E-state index is -3.99. The highest BCUT2D eigenvalue weighted by molar-refractivity contribution is 7.87. The second-order valence-electron chi connectivity index (χ2n) is 7.09. The molecule has 5 nitrogen and oxygen atoms in total. The number of hydrogen-bond donors (Lipinski definition) is 0. The third-order valence-electron chi connectivity index (χ3n) is 4.43. The molecule has 3 rings (SSSR count). The molecule has 0 saturated heterocycles. The van der Waals surface area contributed by atoms with Crippen molar-refractivity contribution in [3.63, 3.8) is 0 Å². The molecule has 0 unspecified atom stereocenters. The predicted octanol–water partition coefficient (Wildman–Crippen LogP) is 4.49. The number of aryl methyl sites for hydroxylation is 6. The fraction of sp³-hybridized carbons (Fsp3) is 0.286. The second-order valence-corrected chi connectivity index (χ2v) is 8.57. The van der Waals surface area contributed by atoms with Crippen LogP contribution in [-0.2, 0) is 10.1 Å². The van der Waals surface area contributed by atoms with Gasteiger partial charge in [0.05, 0.1) is 11.4 Å². The maximum absolute atomic E-state index is 13.0. The number of nitrogens with zero attached hydrogens (tertiary/aromatic N) is 2. The van der Waals surface area contributed by atoms with Crippen LogP contribution in [0.2, 0.25) is 0 Å². The highest BCUT2D eigenvalue weighted by Crippen LogP contribution is 2.28. The molecule has 6 heteroatoms. The van der Waals surface area contributed by atoms with Crippen LogP contribution in [0.5, 0.6) is 5.88 Å². The monoisotopic (exact) mass is 384 g/mol. The van der Waals surface area contributed by atoms with Crippen LogP contribution in [0.4, 0.5) is 0 Å². The maximum atomic E-state index is 13.0. The molecule has 0 radical (unpaired) electrons. The normalized spacial score (nSPS) is 11.6. The van der Waals surface area contributed by atoms with Crippen molar-refractivity contribution in [3.05, 3.63) is 69.9 Å². The van der Waals surface area contributed by atoms with E-state index in [0.29, 0.717) is 16.8 Å². The van der Waals surface area contributed by atoms with Crippen LogP contribution < -0.4 is 4.18 Å². The molecule has 0 spiro atoms. The first-order valence-corrected chi connectivity index (χ1v) is 10.2. The average molecular weight is 385 g/mol. The minimum absolute atomic E-state index is 0.179. The van der Waals surface area contributed by atoms with Gasteiger partial charge in [-0.3, -0.25) is 0 Å². The molecule has 0 amide bonds. The summed E-state index contributed by atoms with van der Waals surface area (Å²) in [6, 6.07) is 11.2. The van der Waals surface area contributed by atoms with E-state index in [2.05, 4.69) is 5.10 Å². The van der Waals surface area contributed by atoms with Crippen molar-refractivity contribution in [1.29, 1.82) is 0 Å². The molecule has 0 aliphatic rings. The molecule has 0 atom stereocenters. The Morgan fingerprint density at radius 2 is 1.41 bits per heavy atom. The van der Waals surface area contributed by atoms with Crippen molar-refractivity contribution in [2.75, 3.05) is 0 Å². The molecule has 142 valence electrons. The van der Waals surface area contributed by atoms with E-state index in [1.165, 1.54) is 0 Å². The first kappa shape index (κ1) is 19.2. The summed E-state index contributed by atoms with van der Waals surface area (Å²) in [6.07, 6.45) is 0. The summed E-state index contributed by atoms with van der Waals surface area (Å²) < 4.78 is 33.1. The Bertz CT molecular complexity index is 1110. The number of aromatic nitrogens is 2. The van der Waals surface area contributed by atoms with E-state index in [-0.39, 0.29) is 10.8 Å². The van der Waals surface area contributed by atoms with Gasteiger partial charge in [-0.15, -0.1) is 0 Å². The molecule has 0 aliphatic heterocycles. The molecule has 0 fully saturated rings. The van der Waals surface area contributed by atoms with Crippen LogP contribution in [0, 0.1) is 41.5 Å². The van der Waals surface area contributed by atoms with E-state index in [0.717, 1.165) is 22.4 Å². The third kappa shape index (κ3) is 3.76. The molecule has 1 aromatic heterocycles. The molecule has 0 aliphatic carbocycles. The summed E-state index contributed by atoms with van der Waals surface area (Å²) in [5.74, 6) is 0.179. The SMILES string of the molecule is Cc1ccc(-n2nc(C)cc2OS(=O)(=O)c2c(C)cc(C)cc2C)c(C)c1. The van der Waals surface area contributed by atoms with Crippen LogP contribution >= 0.6 is 0 Å². The Kier molecular flexibility index (Phi) is 4.86. The van der Waals surface area contributed by atoms with Crippen LogP contribution in [0.1, 0.15) is 33.5 Å². The van der Waals surface area contributed by atoms with Crippen LogP contribution in [0.3, 0.4) is 0 Å². The minimum Gasteiger partial charge on any atom is -0.358 e. The molecule has 3 aromatic rings. The molecule has 0 bridgehead atoms. The number of rotatable bonds is 4. The van der Waals surface area contributed by atoms with Crippen LogP contribution in [0.25, 0.3) is 5.69 Å². The Morgan fingerprint density at radius 1 is 0.815 bits per heavy atom. The number of hydrogen-bond acceptors (Lipinski definition) is 4. The fourth-order valence-electron chi connectivity index (χ4n) is 3.47. The first-order valence-electron chi connectivity index (χ1n) is 8.75. The lowest BCUT2D eigenvalue weighted by atomic mass is 10.1. The standard InChI is InChI=1S/C21H24N2O3S/c1-13-7-8-19(15(3)9-13)23-20(12-18(6)22-23)26-27(24,25)21-16(4)10-14(2)11-17(21)5/h7-12H,1-6H3. The lowest BCUT2D eigenvalue weighted by molar-refractivity contribution is 0.463. The smallest absolute Gasteiger partial charge is 0.341 e. The fourth-order valence-corrected chi connectivity index (χ4v) is 4.80. The molecule has 0 saturated carbocycles. The van der Waals surface area contributed by atoms with Crippen molar-refractivity contribution in [1.82, 2.24) is 9.78 Å². The van der Waals surface area contributed by atoms with Gasteiger partial charge in [0.15, 0.2) is 0 Å². The molecule has 0 N–H and O–H groups in total. The predicted molar refractivity (Wildman–Crippen MR) is 106 cm³/mol. The van der Waals surface area contributed by atoms with Crippen molar-refractivity contribution >= 4 is 10.1 Å². The van der Waals surface area contributed by atoms with Gasteiger partial charge in [0.1, 0.15) is 4.90 Å². The second kappa shape index (κ2) is 6.85. The van der Waals surface area contributed by atoms with Gasteiger partial charge >= 0.3 is 10.1 Å². The summed E-state index contributed by atoms with van der Waals surface area (Å²) in [5, 5.41) is 4.44. The summed E-state index contributed by atoms with van der Waals surface area (Å²) in [4.78, 5) is 0.208. The lowest BCUT2D eigenvalue weighted by Crippen LogP contribution is -2.15. The van der Waals surface area contributed by atoms with Gasteiger partial charge in [-0.05, 0) is 64.3 Å². The highest BCUT2D eigenvalue weighted by atomic mass is 32.2. The van der Waals surface area contributed by atoms with Gasteiger partial charge in [-0.25, -0.2) is 0 Å². The zero-order valence-corrected chi connectivity index (χ0v) is 17.3. The van der Waals surface area contributed by atoms with Crippen LogP contribution in [0.15, 0.2) is 41.3 Å². The molecular formula is C21H24N2O3S. The van der Waals surface area contributed by atoms with Crippen molar-refractivity contribution in [2.45, 2.75) is 46.4 Å². The Morgan fingerprint density at radius 3 is 2.00 bits per heavy atom. The zero-order chi connectivity index (χ0) is 19.9. The van der Waals surface area contributed by atoms with Gasteiger partial charge in [0.25, 0.3) is 0 Å². The van der Waals surface area contributed by atoms with Gasteiger partial charge in [0, 0.05) is 6.07 Å². The van der Waals surface area contributed by atoms with Gasteiger partial charge in [-0.2, -0.15) is 18.2 Å². The Hall–Kier alpha value is -2.60. The largest absolute Gasteiger partial charge is 0.358 e. The summed E-state index contributed by atoms with van der Waals surface area (Å²) >= 11 is 0. The van der Waals surface area contributed by atoms with Crippen LogP contribution in [-0.4, -0.2) is 18.2 Å². The first-order chi connectivity index (χ1) is 12.6. The molecule has 1 heterocycles. The van der Waals surface area contributed by atoms with Crippen molar-refractivity contribution in [2.24, 2.45) is 0 Å². The summed E-state index contributed by atoms with van der Waals surface area (Å²) in [7, 11) is -3.99. The van der Waals surface area contributed by atoms with E-state index in [1.807, 2.05) is 58.0 Å². The van der Waals surface area contributed by atoms with Gasteiger partial charge in [0.2, 0.25) is 5.88 Å². The van der Waals surface area contributed by atoms with Crippen molar-refractivity contribution in [3.8, 4) is 11.6 Å². The third-order valence-corrected chi connectivity index (χ3v) is 5.96. The molecule has 2 aromatic carbocycles. The Balaban J connectivity index is 2.09. The quantitative estimate of drug-likeness (QED) is 0.622. The maximum Gasteiger partial charge on any atom is 0.341 e. The van der Waals surface area contributed by atoms with Gasteiger partial charge in [-0.1, -0.05) is 35.4 Å². The van der Waals surface area contributed by atoms with E-state index in [4.69, 9.17) is 4.18 Å². The topological polar surface area (TPSA) is 61.2 Å². The Labute approximate surface area is 160 Å². The van der Waals surface area contributed by atoms with E-state index in [9.17, 15) is 8.42 Å². The number of benzene rings is 2. The van der Waals surface area contributed by atoms with E-state index < -0.39 is 10.1 Å². The van der Waals surface area contributed by atoms with Gasteiger partial charge < -0.3 is 4.18 Å². The zero-order valence-electron chi connectivity index (χ0n) is 16.5. The average Bonchev–Trinajstić information content (AvgIpc) is 2.85.